The number of hydrogen-bond donors (Lipinski definition) is 1. The Bertz CT molecular complexity index is 753. The average Bonchev–Trinajstić information content (AvgIpc) is 2.95. The summed E-state index contributed by atoms with van der Waals surface area (Å²) in [4.78, 5) is 11.8. The zero-order valence-electron chi connectivity index (χ0n) is 10.9. The highest BCUT2D eigenvalue weighted by atomic mass is 32.1. The Morgan fingerprint density at radius 1 is 1.47 bits per heavy atom. The van der Waals surface area contributed by atoms with Gasteiger partial charge >= 0.3 is 0 Å². The summed E-state index contributed by atoms with van der Waals surface area (Å²) < 4.78 is 4.81. The van der Waals surface area contributed by atoms with Gasteiger partial charge in [-0.3, -0.25) is 4.57 Å². The van der Waals surface area contributed by atoms with E-state index in [2.05, 4.69) is 32.5 Å². The molecule has 0 aromatic carbocycles. The second-order valence-electron chi connectivity index (χ2n) is 4.79. The average molecular weight is 273 g/mol. The molecular weight excluding hydrogens is 258 g/mol. The molecule has 1 N–H and O–H groups in total. The molecule has 0 aliphatic heterocycles. The van der Waals surface area contributed by atoms with Crippen molar-refractivity contribution < 1.29 is 0 Å². The third-order valence-electron chi connectivity index (χ3n) is 3.17. The van der Waals surface area contributed by atoms with E-state index in [1.54, 1.807) is 6.20 Å². The van der Waals surface area contributed by atoms with Gasteiger partial charge in [0.2, 0.25) is 0 Å². The minimum atomic E-state index is 0.214. The smallest absolute Gasteiger partial charge is 0.179 e. The molecule has 0 saturated carbocycles. The van der Waals surface area contributed by atoms with Gasteiger partial charge in [0.1, 0.15) is 0 Å². The molecule has 98 valence electrons. The first-order valence-electron chi connectivity index (χ1n) is 6.18. The number of imidazole rings is 2. The van der Waals surface area contributed by atoms with Crippen LogP contribution >= 0.6 is 12.2 Å². The summed E-state index contributed by atoms with van der Waals surface area (Å²) in [6, 6.07) is 2.28. The number of rotatable bonds is 3. The Kier molecular flexibility index (Phi) is 2.94. The first-order valence-corrected chi connectivity index (χ1v) is 6.58. The third-order valence-corrected chi connectivity index (χ3v) is 3.47. The Hall–Kier alpha value is -1.95. The van der Waals surface area contributed by atoms with Gasteiger partial charge in [-0.25, -0.2) is 9.97 Å². The van der Waals surface area contributed by atoms with Crippen molar-refractivity contribution in [2.24, 2.45) is 0 Å². The summed E-state index contributed by atoms with van der Waals surface area (Å²) in [5.41, 5.74) is 3.02. The van der Waals surface area contributed by atoms with Crippen LogP contribution in [-0.4, -0.2) is 24.1 Å². The van der Waals surface area contributed by atoms with Gasteiger partial charge in [0.25, 0.3) is 0 Å². The van der Waals surface area contributed by atoms with Gasteiger partial charge in [-0.15, -0.1) is 0 Å². The van der Waals surface area contributed by atoms with Crippen molar-refractivity contribution >= 4 is 23.4 Å². The molecule has 0 aliphatic carbocycles. The van der Waals surface area contributed by atoms with E-state index in [4.69, 9.17) is 12.2 Å². The van der Waals surface area contributed by atoms with Crippen LogP contribution in [-0.2, 0) is 6.54 Å². The quantitative estimate of drug-likeness (QED) is 0.747. The molecule has 0 fully saturated rings. The highest BCUT2D eigenvalue weighted by molar-refractivity contribution is 7.71. The number of H-pyrrole nitrogens is 1. The summed E-state index contributed by atoms with van der Waals surface area (Å²) in [5.74, 6) is 0. The number of aromatic nitrogens is 5. The van der Waals surface area contributed by atoms with Gasteiger partial charge in [0.05, 0.1) is 17.9 Å². The Labute approximate surface area is 115 Å². The number of fused-ring (bicyclic) bond motifs is 1. The van der Waals surface area contributed by atoms with Crippen LogP contribution in [0.15, 0.2) is 31.0 Å². The van der Waals surface area contributed by atoms with E-state index < -0.39 is 0 Å². The molecule has 1 unspecified atom stereocenters. The second-order valence-corrected chi connectivity index (χ2v) is 5.18. The lowest BCUT2D eigenvalue weighted by Crippen LogP contribution is -2.12. The molecule has 3 heterocycles. The van der Waals surface area contributed by atoms with Crippen molar-refractivity contribution in [3.63, 3.8) is 0 Å². The molecule has 0 spiro atoms. The minimum Gasteiger partial charge on any atom is -0.335 e. The van der Waals surface area contributed by atoms with Gasteiger partial charge in [-0.05, 0) is 37.7 Å². The molecular formula is C13H15N5S. The maximum atomic E-state index is 5.41. The SMILES string of the molecule is Cc1cnc2c(c1)[nH]c(=S)n2C(C)Cn1ccnc1. The molecule has 1 atom stereocenters. The van der Waals surface area contributed by atoms with E-state index >= 15 is 0 Å². The van der Waals surface area contributed by atoms with E-state index in [1.165, 1.54) is 0 Å². The first kappa shape index (κ1) is 12.1. The van der Waals surface area contributed by atoms with E-state index in [1.807, 2.05) is 30.2 Å². The van der Waals surface area contributed by atoms with Crippen molar-refractivity contribution in [3.05, 3.63) is 41.3 Å². The van der Waals surface area contributed by atoms with Crippen LogP contribution in [0.3, 0.4) is 0 Å². The maximum absolute atomic E-state index is 5.41. The van der Waals surface area contributed by atoms with Gasteiger partial charge in [-0.1, -0.05) is 0 Å². The van der Waals surface area contributed by atoms with Gasteiger partial charge in [0.15, 0.2) is 10.4 Å². The summed E-state index contributed by atoms with van der Waals surface area (Å²) in [6.07, 6.45) is 7.41. The fourth-order valence-corrected chi connectivity index (χ4v) is 2.68. The van der Waals surface area contributed by atoms with E-state index in [-0.39, 0.29) is 6.04 Å². The summed E-state index contributed by atoms with van der Waals surface area (Å²) in [7, 11) is 0. The topological polar surface area (TPSA) is 51.4 Å². The first-order chi connectivity index (χ1) is 9.15. The lowest BCUT2D eigenvalue weighted by Gasteiger charge is -2.14. The number of nitrogens with zero attached hydrogens (tertiary/aromatic N) is 4. The van der Waals surface area contributed by atoms with Gasteiger partial charge in [0, 0.05) is 25.1 Å². The van der Waals surface area contributed by atoms with E-state index in [0.29, 0.717) is 4.77 Å². The Morgan fingerprint density at radius 3 is 3.05 bits per heavy atom. The Balaban J connectivity index is 2.04. The lowest BCUT2D eigenvalue weighted by molar-refractivity contribution is 0.468. The second kappa shape index (κ2) is 4.62. The molecule has 0 bridgehead atoms. The predicted molar refractivity (Wildman–Crippen MR) is 76.6 cm³/mol. The molecule has 3 aromatic heterocycles. The summed E-state index contributed by atoms with van der Waals surface area (Å²) in [5, 5.41) is 0. The standard InChI is InChI=1S/C13H15N5S/c1-9-5-11-12(15-6-9)18(13(19)16-11)10(2)7-17-4-3-14-8-17/h3-6,8,10H,7H2,1-2H3,(H,16,19). The molecule has 3 aromatic rings. The normalized spacial score (nSPS) is 12.9. The van der Waals surface area contributed by atoms with Crippen molar-refractivity contribution in [1.29, 1.82) is 0 Å². The fraction of sp³-hybridized carbons (Fsp3) is 0.308. The maximum Gasteiger partial charge on any atom is 0.179 e. The van der Waals surface area contributed by atoms with Crippen LogP contribution in [0.4, 0.5) is 0 Å². The van der Waals surface area contributed by atoms with Gasteiger partial charge in [-0.2, -0.15) is 0 Å². The van der Waals surface area contributed by atoms with Crippen LogP contribution in [0.25, 0.3) is 11.2 Å². The molecule has 6 heteroatoms. The highest BCUT2D eigenvalue weighted by Crippen LogP contribution is 2.19. The summed E-state index contributed by atoms with van der Waals surface area (Å²) >= 11 is 5.41. The van der Waals surface area contributed by atoms with E-state index in [9.17, 15) is 0 Å². The number of aromatic amines is 1. The molecule has 19 heavy (non-hydrogen) atoms. The van der Waals surface area contributed by atoms with E-state index in [0.717, 1.165) is 23.3 Å². The number of pyridine rings is 1. The number of hydrogen-bond acceptors (Lipinski definition) is 3. The zero-order valence-corrected chi connectivity index (χ0v) is 11.7. The minimum absolute atomic E-state index is 0.214. The van der Waals surface area contributed by atoms with Crippen molar-refractivity contribution in [2.45, 2.75) is 26.4 Å². The highest BCUT2D eigenvalue weighted by Gasteiger charge is 2.12. The van der Waals surface area contributed by atoms with Crippen molar-refractivity contribution in [2.75, 3.05) is 0 Å². The molecule has 0 amide bonds. The molecule has 5 nitrogen and oxygen atoms in total. The largest absolute Gasteiger partial charge is 0.335 e. The molecule has 0 radical (unpaired) electrons. The van der Waals surface area contributed by atoms with Gasteiger partial charge < -0.3 is 9.55 Å². The van der Waals surface area contributed by atoms with Crippen LogP contribution < -0.4 is 0 Å². The predicted octanol–water partition coefficient (Wildman–Crippen LogP) is 2.86. The summed E-state index contributed by atoms with van der Waals surface area (Å²) in [6.45, 7) is 4.97. The van der Waals surface area contributed by atoms with Crippen LogP contribution in [0.1, 0.15) is 18.5 Å². The molecule has 3 rings (SSSR count). The van der Waals surface area contributed by atoms with Crippen LogP contribution in [0, 0.1) is 11.7 Å². The molecule has 0 aliphatic rings. The fourth-order valence-electron chi connectivity index (χ4n) is 2.31. The number of aryl methyl sites for hydroxylation is 1. The lowest BCUT2D eigenvalue weighted by atomic mass is 10.3. The van der Waals surface area contributed by atoms with Crippen molar-refractivity contribution in [3.8, 4) is 0 Å². The van der Waals surface area contributed by atoms with Crippen LogP contribution in [0.5, 0.6) is 0 Å². The molecule has 0 saturated heterocycles. The zero-order chi connectivity index (χ0) is 13.4. The van der Waals surface area contributed by atoms with Crippen molar-refractivity contribution in [1.82, 2.24) is 24.1 Å². The number of nitrogens with one attached hydrogen (secondary N) is 1. The van der Waals surface area contributed by atoms with Crippen LogP contribution in [0.2, 0.25) is 0 Å². The monoisotopic (exact) mass is 273 g/mol. The third kappa shape index (κ3) is 2.19. The Morgan fingerprint density at radius 2 is 2.32 bits per heavy atom.